The van der Waals surface area contributed by atoms with Crippen LogP contribution in [0.15, 0.2) is 66.7 Å². The number of hydrogen-bond acceptors (Lipinski definition) is 3. The lowest BCUT2D eigenvalue weighted by Gasteiger charge is -2.33. The van der Waals surface area contributed by atoms with E-state index in [9.17, 15) is 9.59 Å². The molecule has 3 aromatic rings. The maximum absolute atomic E-state index is 13.8. The zero-order valence-corrected chi connectivity index (χ0v) is 22.2. The number of amides is 2. The fourth-order valence-electron chi connectivity index (χ4n) is 4.31. The van der Waals surface area contributed by atoms with Crippen LogP contribution in [0.1, 0.15) is 39.1 Å². The Balaban J connectivity index is 1.71. The van der Waals surface area contributed by atoms with Gasteiger partial charge in [-0.15, -0.1) is 0 Å². The van der Waals surface area contributed by atoms with Crippen molar-refractivity contribution in [3.63, 3.8) is 0 Å². The van der Waals surface area contributed by atoms with Crippen molar-refractivity contribution in [2.45, 2.75) is 25.3 Å². The molecule has 3 aromatic carbocycles. The van der Waals surface area contributed by atoms with E-state index in [-0.39, 0.29) is 24.5 Å². The Kier molecular flexibility index (Phi) is 8.78. The van der Waals surface area contributed by atoms with E-state index in [1.807, 2.05) is 35.2 Å². The van der Waals surface area contributed by atoms with Gasteiger partial charge in [0.15, 0.2) is 0 Å². The van der Waals surface area contributed by atoms with E-state index in [4.69, 9.17) is 39.5 Å². The maximum Gasteiger partial charge on any atom is 0.257 e. The number of carbonyl (C=O) groups excluding carboxylic acids is 2. The molecule has 5 nitrogen and oxygen atoms in total. The van der Waals surface area contributed by atoms with Crippen molar-refractivity contribution in [1.82, 2.24) is 9.80 Å². The third-order valence-electron chi connectivity index (χ3n) is 6.27. The van der Waals surface area contributed by atoms with Crippen molar-refractivity contribution in [2.24, 2.45) is 0 Å². The molecule has 0 aromatic heterocycles. The summed E-state index contributed by atoms with van der Waals surface area (Å²) in [4.78, 5) is 30.4. The van der Waals surface area contributed by atoms with Gasteiger partial charge in [0, 0.05) is 30.7 Å². The lowest BCUT2D eigenvalue weighted by Crippen LogP contribution is -2.46. The van der Waals surface area contributed by atoms with E-state index in [0.29, 0.717) is 51.5 Å². The smallest absolute Gasteiger partial charge is 0.257 e. The summed E-state index contributed by atoms with van der Waals surface area (Å²) in [6, 6.07) is 19.7. The molecular formula is C28H27Cl3N2O3. The number of nitrogens with zero attached hydrogens (tertiary/aromatic N) is 2. The molecule has 0 N–H and O–H groups in total. The predicted molar refractivity (Wildman–Crippen MR) is 145 cm³/mol. The number of rotatable bonds is 3. The average molecular weight is 546 g/mol. The lowest BCUT2D eigenvalue weighted by molar-refractivity contribution is 0.0590. The van der Waals surface area contributed by atoms with Crippen LogP contribution >= 0.6 is 34.8 Å². The van der Waals surface area contributed by atoms with Gasteiger partial charge < -0.3 is 14.5 Å². The SMILES string of the molecule is CN1CCCCN(C(=O)c2ccc(Cl)c(Cl)c2)[C@H](Cc2ccccc2)COc2ccc(Cl)cc2C1=O. The molecular weight excluding hydrogens is 519 g/mol. The molecule has 0 saturated heterocycles. The summed E-state index contributed by atoms with van der Waals surface area (Å²) in [5.41, 5.74) is 1.96. The van der Waals surface area contributed by atoms with Crippen LogP contribution in [0.3, 0.4) is 0 Å². The second-order valence-corrected chi connectivity index (χ2v) is 10.1. The van der Waals surface area contributed by atoms with Crippen LogP contribution in [-0.2, 0) is 6.42 Å². The highest BCUT2D eigenvalue weighted by atomic mass is 35.5. The van der Waals surface area contributed by atoms with Crippen molar-refractivity contribution < 1.29 is 14.3 Å². The van der Waals surface area contributed by atoms with Crippen molar-refractivity contribution in [2.75, 3.05) is 26.7 Å². The first-order valence-electron chi connectivity index (χ1n) is 11.8. The first-order chi connectivity index (χ1) is 17.3. The van der Waals surface area contributed by atoms with E-state index >= 15 is 0 Å². The highest BCUT2D eigenvalue weighted by Crippen LogP contribution is 2.27. The van der Waals surface area contributed by atoms with Crippen molar-refractivity contribution in [3.8, 4) is 5.75 Å². The number of halogens is 3. The van der Waals surface area contributed by atoms with Gasteiger partial charge in [-0.1, -0.05) is 65.1 Å². The van der Waals surface area contributed by atoms with E-state index in [0.717, 1.165) is 18.4 Å². The fourth-order valence-corrected chi connectivity index (χ4v) is 4.78. The molecule has 1 aliphatic heterocycles. The van der Waals surface area contributed by atoms with Gasteiger partial charge in [0.2, 0.25) is 0 Å². The molecule has 1 heterocycles. The molecule has 8 heteroatoms. The summed E-state index contributed by atoms with van der Waals surface area (Å²) in [5.74, 6) is 0.157. The highest BCUT2D eigenvalue weighted by Gasteiger charge is 2.28. The van der Waals surface area contributed by atoms with Gasteiger partial charge in [0.05, 0.1) is 21.7 Å². The Morgan fingerprint density at radius 1 is 0.944 bits per heavy atom. The zero-order valence-electron chi connectivity index (χ0n) is 19.9. The number of benzene rings is 3. The van der Waals surface area contributed by atoms with E-state index < -0.39 is 0 Å². The number of ether oxygens (including phenoxy) is 1. The molecule has 36 heavy (non-hydrogen) atoms. The second-order valence-electron chi connectivity index (χ2n) is 8.86. The molecule has 0 spiro atoms. The van der Waals surface area contributed by atoms with Gasteiger partial charge in [0.25, 0.3) is 11.8 Å². The molecule has 0 radical (unpaired) electrons. The fraction of sp³-hybridized carbons (Fsp3) is 0.286. The number of hydrogen-bond donors (Lipinski definition) is 0. The molecule has 4 rings (SSSR count). The summed E-state index contributed by atoms with van der Waals surface area (Å²) in [6.07, 6.45) is 2.05. The molecule has 0 aliphatic carbocycles. The summed E-state index contributed by atoms with van der Waals surface area (Å²) in [6.45, 7) is 1.26. The third kappa shape index (κ3) is 6.33. The average Bonchev–Trinajstić information content (AvgIpc) is 2.88. The van der Waals surface area contributed by atoms with Gasteiger partial charge in [-0.05, 0) is 61.2 Å². The largest absolute Gasteiger partial charge is 0.491 e. The lowest BCUT2D eigenvalue weighted by atomic mass is 10.0. The number of carbonyl (C=O) groups is 2. The molecule has 188 valence electrons. The minimum atomic E-state index is -0.287. The van der Waals surface area contributed by atoms with Gasteiger partial charge in [0.1, 0.15) is 12.4 Å². The Bertz CT molecular complexity index is 1240. The minimum absolute atomic E-state index is 0.142. The first kappa shape index (κ1) is 26.3. The summed E-state index contributed by atoms with van der Waals surface area (Å²) in [5, 5.41) is 1.19. The van der Waals surface area contributed by atoms with Gasteiger partial charge in [-0.2, -0.15) is 0 Å². The van der Waals surface area contributed by atoms with Gasteiger partial charge >= 0.3 is 0 Å². The molecule has 0 unspecified atom stereocenters. The zero-order chi connectivity index (χ0) is 25.7. The first-order valence-corrected chi connectivity index (χ1v) is 12.9. The van der Waals surface area contributed by atoms with Crippen LogP contribution in [0.5, 0.6) is 5.75 Å². The quantitative estimate of drug-likeness (QED) is 0.370. The minimum Gasteiger partial charge on any atom is -0.491 e. The van der Waals surface area contributed by atoms with Crippen LogP contribution in [0.2, 0.25) is 15.1 Å². The van der Waals surface area contributed by atoms with Crippen LogP contribution < -0.4 is 4.74 Å². The maximum atomic E-state index is 13.8. The van der Waals surface area contributed by atoms with Crippen LogP contribution in [0.4, 0.5) is 0 Å². The topological polar surface area (TPSA) is 49.9 Å². The molecule has 0 fully saturated rings. The van der Waals surface area contributed by atoms with Crippen molar-refractivity contribution >= 4 is 46.6 Å². The van der Waals surface area contributed by atoms with E-state index in [1.54, 1.807) is 48.3 Å². The van der Waals surface area contributed by atoms with Crippen molar-refractivity contribution in [1.29, 1.82) is 0 Å². The Labute approximate surface area is 226 Å². The summed E-state index contributed by atoms with van der Waals surface area (Å²) >= 11 is 18.5. The molecule has 0 bridgehead atoms. The molecule has 2 amide bonds. The summed E-state index contributed by atoms with van der Waals surface area (Å²) in [7, 11) is 1.76. The summed E-state index contributed by atoms with van der Waals surface area (Å²) < 4.78 is 6.23. The van der Waals surface area contributed by atoms with Gasteiger partial charge in [-0.25, -0.2) is 0 Å². The normalized spacial score (nSPS) is 17.0. The predicted octanol–water partition coefficient (Wildman–Crippen LogP) is 6.65. The van der Waals surface area contributed by atoms with Gasteiger partial charge in [-0.3, -0.25) is 9.59 Å². The molecule has 1 atom stereocenters. The monoisotopic (exact) mass is 544 g/mol. The Morgan fingerprint density at radius 3 is 2.44 bits per heavy atom. The van der Waals surface area contributed by atoms with Crippen LogP contribution in [0.25, 0.3) is 0 Å². The number of fused-ring (bicyclic) bond motifs is 1. The Morgan fingerprint density at radius 2 is 1.69 bits per heavy atom. The van der Waals surface area contributed by atoms with Crippen LogP contribution in [-0.4, -0.2) is 54.4 Å². The third-order valence-corrected chi connectivity index (χ3v) is 7.25. The molecule has 0 saturated carbocycles. The van der Waals surface area contributed by atoms with Crippen LogP contribution in [0, 0.1) is 0 Å². The van der Waals surface area contributed by atoms with E-state index in [1.165, 1.54) is 0 Å². The Hall–Kier alpha value is -2.73. The second kappa shape index (κ2) is 12.0. The highest BCUT2D eigenvalue weighted by molar-refractivity contribution is 6.42. The van der Waals surface area contributed by atoms with Crippen molar-refractivity contribution in [3.05, 3.63) is 98.5 Å². The molecule has 1 aliphatic rings. The van der Waals surface area contributed by atoms with E-state index in [2.05, 4.69) is 0 Å². The standard InChI is InChI=1S/C28H27Cl3N2O3/c1-32-13-5-6-14-33(27(34)20-9-11-24(30)25(31)16-20)22(15-19-7-3-2-4-8-19)18-36-26-12-10-21(29)17-23(26)28(32)35/h2-4,7-12,16-17,22H,5-6,13-15,18H2,1H3/t22-/m1/s1.